The molecule has 1 N–H and O–H groups in total. The molecule has 8 heteroatoms. The number of hydrogen-bond donors (Lipinski definition) is 1. The molecule has 1 aliphatic rings. The number of nitrogens with one attached hydrogen (secondary N) is 1. The van der Waals surface area contributed by atoms with Crippen molar-refractivity contribution in [3.05, 3.63) is 51.0 Å². The molecule has 1 amide bonds. The molecule has 0 spiro atoms. The van der Waals surface area contributed by atoms with Crippen LogP contribution in [0.2, 0.25) is 0 Å². The van der Waals surface area contributed by atoms with Gasteiger partial charge in [0.2, 0.25) is 17.6 Å². The minimum atomic E-state index is -0.311. The van der Waals surface area contributed by atoms with Crippen molar-refractivity contribution in [3.8, 4) is 11.4 Å². The first kappa shape index (κ1) is 19.7. The van der Waals surface area contributed by atoms with Gasteiger partial charge < -0.3 is 9.84 Å². The van der Waals surface area contributed by atoms with E-state index in [2.05, 4.69) is 15.5 Å². The van der Waals surface area contributed by atoms with Crippen LogP contribution in [0.3, 0.4) is 0 Å². The van der Waals surface area contributed by atoms with Crippen molar-refractivity contribution in [2.24, 2.45) is 0 Å². The van der Waals surface area contributed by atoms with Gasteiger partial charge in [-0.1, -0.05) is 17.3 Å². The summed E-state index contributed by atoms with van der Waals surface area (Å²) in [5.41, 5.74) is 2.37. The fourth-order valence-electron chi connectivity index (χ4n) is 3.34. The van der Waals surface area contributed by atoms with Crippen LogP contribution in [-0.4, -0.2) is 27.6 Å². The Morgan fingerprint density at radius 2 is 2.10 bits per heavy atom. The van der Waals surface area contributed by atoms with Gasteiger partial charge in [-0.25, -0.2) is 9.37 Å². The zero-order valence-electron chi connectivity index (χ0n) is 16.3. The van der Waals surface area contributed by atoms with Crippen LogP contribution in [0.15, 0.2) is 22.7 Å². The predicted octanol–water partition coefficient (Wildman–Crippen LogP) is 3.81. The number of carbonyl (C=O) groups is 1. The highest BCUT2D eigenvalue weighted by atomic mass is 32.1. The lowest BCUT2D eigenvalue weighted by atomic mass is 10.0. The molecule has 2 aromatic heterocycles. The van der Waals surface area contributed by atoms with Gasteiger partial charge in [0, 0.05) is 36.2 Å². The van der Waals surface area contributed by atoms with Crippen LogP contribution in [-0.2, 0) is 30.5 Å². The van der Waals surface area contributed by atoms with E-state index >= 15 is 0 Å². The van der Waals surface area contributed by atoms with Crippen LogP contribution < -0.4 is 5.32 Å². The summed E-state index contributed by atoms with van der Waals surface area (Å²) in [5, 5.41) is 7.90. The summed E-state index contributed by atoms with van der Waals surface area (Å²) in [6.45, 7) is 2.27. The highest BCUT2D eigenvalue weighted by molar-refractivity contribution is 7.11. The molecule has 0 radical (unpaired) electrons. The Labute approximate surface area is 172 Å². The monoisotopic (exact) mass is 414 g/mol. The third-order valence-electron chi connectivity index (χ3n) is 5.02. The molecule has 2 heterocycles. The van der Waals surface area contributed by atoms with E-state index in [1.54, 1.807) is 30.4 Å². The number of amides is 1. The van der Waals surface area contributed by atoms with E-state index in [1.165, 1.54) is 29.5 Å². The zero-order valence-corrected chi connectivity index (χ0v) is 17.1. The first-order chi connectivity index (χ1) is 14.1. The maximum Gasteiger partial charge on any atom is 0.227 e. The van der Waals surface area contributed by atoms with Gasteiger partial charge in [0.05, 0.1) is 10.7 Å². The molecule has 1 aliphatic carbocycles. The molecular formula is C21H23FN4O2S. The normalized spacial score (nSPS) is 13.3. The van der Waals surface area contributed by atoms with Crippen molar-refractivity contribution in [1.29, 1.82) is 0 Å². The topological polar surface area (TPSA) is 80.9 Å². The number of benzene rings is 1. The van der Waals surface area contributed by atoms with Crippen molar-refractivity contribution in [2.45, 2.75) is 51.9 Å². The number of thiazole rings is 1. The van der Waals surface area contributed by atoms with E-state index in [4.69, 9.17) is 9.51 Å². The summed E-state index contributed by atoms with van der Waals surface area (Å²) in [6, 6.07) is 4.80. The lowest BCUT2D eigenvalue weighted by Gasteiger charge is -2.06. The molecule has 0 atom stereocenters. The number of fused-ring (bicyclic) bond motifs is 1. The molecule has 0 fully saturated rings. The zero-order chi connectivity index (χ0) is 20.2. The Morgan fingerprint density at radius 1 is 1.24 bits per heavy atom. The molecule has 0 saturated carbocycles. The Morgan fingerprint density at radius 3 is 2.93 bits per heavy atom. The number of hydrogen-bond acceptors (Lipinski definition) is 6. The Balaban J connectivity index is 1.23. The van der Waals surface area contributed by atoms with E-state index in [0.29, 0.717) is 35.8 Å². The summed E-state index contributed by atoms with van der Waals surface area (Å²) in [4.78, 5) is 22.5. The Kier molecular flexibility index (Phi) is 5.99. The SMILES string of the molecule is Cc1ccc(-c2noc(CCC(=O)NCCc3nc4c(s3)CCCC4)n2)cc1F. The minimum absolute atomic E-state index is 0.0625. The minimum Gasteiger partial charge on any atom is -0.356 e. The maximum atomic E-state index is 13.7. The van der Waals surface area contributed by atoms with Gasteiger partial charge in [0.1, 0.15) is 5.82 Å². The average molecular weight is 415 g/mol. The van der Waals surface area contributed by atoms with E-state index < -0.39 is 0 Å². The van der Waals surface area contributed by atoms with Gasteiger partial charge >= 0.3 is 0 Å². The van der Waals surface area contributed by atoms with Crippen molar-refractivity contribution in [3.63, 3.8) is 0 Å². The van der Waals surface area contributed by atoms with Crippen LogP contribution in [0.25, 0.3) is 11.4 Å². The summed E-state index contributed by atoms with van der Waals surface area (Å²) < 4.78 is 18.9. The second-order valence-electron chi connectivity index (χ2n) is 7.26. The van der Waals surface area contributed by atoms with Crippen molar-refractivity contribution >= 4 is 17.2 Å². The lowest BCUT2D eigenvalue weighted by molar-refractivity contribution is -0.121. The fourth-order valence-corrected chi connectivity index (χ4v) is 4.49. The van der Waals surface area contributed by atoms with E-state index in [1.807, 2.05) is 0 Å². The van der Waals surface area contributed by atoms with Crippen LogP contribution in [0, 0.1) is 12.7 Å². The molecule has 0 aliphatic heterocycles. The molecule has 4 rings (SSSR count). The number of rotatable bonds is 7. The van der Waals surface area contributed by atoms with Gasteiger partial charge in [-0.3, -0.25) is 4.79 Å². The van der Waals surface area contributed by atoms with Gasteiger partial charge in [-0.05, 0) is 44.2 Å². The summed E-state index contributed by atoms with van der Waals surface area (Å²) >= 11 is 1.78. The number of halogens is 1. The lowest BCUT2D eigenvalue weighted by Crippen LogP contribution is -2.25. The molecular weight excluding hydrogens is 391 g/mol. The second kappa shape index (κ2) is 8.82. The number of nitrogens with zero attached hydrogens (tertiary/aromatic N) is 3. The van der Waals surface area contributed by atoms with Crippen molar-refractivity contribution in [2.75, 3.05) is 6.54 Å². The summed E-state index contributed by atoms with van der Waals surface area (Å²) in [7, 11) is 0. The predicted molar refractivity (Wildman–Crippen MR) is 108 cm³/mol. The third kappa shape index (κ3) is 4.87. The number of carbonyl (C=O) groups excluding carboxylic acids is 1. The van der Waals surface area contributed by atoms with Crippen LogP contribution in [0.5, 0.6) is 0 Å². The average Bonchev–Trinajstić information content (AvgIpc) is 3.35. The molecule has 0 bridgehead atoms. The van der Waals surface area contributed by atoms with Gasteiger partial charge in [-0.15, -0.1) is 11.3 Å². The quantitative estimate of drug-likeness (QED) is 0.636. The molecule has 1 aromatic carbocycles. The third-order valence-corrected chi connectivity index (χ3v) is 6.23. The molecule has 0 unspecified atom stereocenters. The Bertz CT molecular complexity index is 991. The van der Waals surface area contributed by atoms with E-state index in [-0.39, 0.29) is 18.1 Å². The Hall–Kier alpha value is -2.61. The highest BCUT2D eigenvalue weighted by Crippen LogP contribution is 2.26. The molecule has 0 saturated heterocycles. The molecule has 3 aromatic rings. The van der Waals surface area contributed by atoms with E-state index in [9.17, 15) is 9.18 Å². The summed E-state index contributed by atoms with van der Waals surface area (Å²) in [6.07, 6.45) is 6.06. The van der Waals surface area contributed by atoms with Gasteiger partial charge in [0.25, 0.3) is 0 Å². The van der Waals surface area contributed by atoms with E-state index in [0.717, 1.165) is 24.3 Å². The fraction of sp³-hybridized carbons (Fsp3) is 0.429. The maximum absolute atomic E-state index is 13.7. The molecule has 152 valence electrons. The van der Waals surface area contributed by atoms with Crippen LogP contribution in [0.4, 0.5) is 4.39 Å². The van der Waals surface area contributed by atoms with Crippen LogP contribution in [0.1, 0.15) is 46.3 Å². The molecule has 6 nitrogen and oxygen atoms in total. The standard InChI is InChI=1S/C21H23FN4O2S/c1-13-6-7-14(12-15(13)22)21-25-19(28-26-21)9-8-18(27)23-11-10-20-24-16-4-2-3-5-17(16)29-20/h6-7,12H,2-5,8-11H2,1H3,(H,23,27). The van der Waals surface area contributed by atoms with Gasteiger partial charge in [0.15, 0.2) is 0 Å². The highest BCUT2D eigenvalue weighted by Gasteiger charge is 2.15. The first-order valence-corrected chi connectivity index (χ1v) is 10.7. The number of aryl methyl sites for hydroxylation is 4. The second-order valence-corrected chi connectivity index (χ2v) is 8.43. The van der Waals surface area contributed by atoms with Crippen LogP contribution >= 0.6 is 11.3 Å². The number of aromatic nitrogens is 3. The van der Waals surface area contributed by atoms with Crippen molar-refractivity contribution in [1.82, 2.24) is 20.4 Å². The van der Waals surface area contributed by atoms with Crippen molar-refractivity contribution < 1.29 is 13.7 Å². The molecule has 29 heavy (non-hydrogen) atoms. The largest absolute Gasteiger partial charge is 0.356 e. The smallest absolute Gasteiger partial charge is 0.227 e. The van der Waals surface area contributed by atoms with Gasteiger partial charge in [-0.2, -0.15) is 4.98 Å². The first-order valence-electron chi connectivity index (χ1n) is 9.92. The summed E-state index contributed by atoms with van der Waals surface area (Å²) in [5.74, 6) is 0.317.